The summed E-state index contributed by atoms with van der Waals surface area (Å²) in [6, 6.07) is 9.34. The smallest absolute Gasteiger partial charge is 0.295 e. The van der Waals surface area contributed by atoms with E-state index in [9.17, 15) is 9.59 Å². The van der Waals surface area contributed by atoms with Gasteiger partial charge in [0.05, 0.1) is 17.1 Å². The van der Waals surface area contributed by atoms with Crippen molar-refractivity contribution in [2.45, 2.75) is 45.3 Å². The van der Waals surface area contributed by atoms with Crippen LogP contribution in [0.25, 0.3) is 5.69 Å². The minimum Gasteiger partial charge on any atom is -0.319 e. The molecule has 1 amide bonds. The summed E-state index contributed by atoms with van der Waals surface area (Å²) >= 11 is 1.32. The van der Waals surface area contributed by atoms with E-state index in [1.807, 2.05) is 48.7 Å². The van der Waals surface area contributed by atoms with Crippen molar-refractivity contribution in [3.63, 3.8) is 0 Å². The minimum absolute atomic E-state index is 0.148. The van der Waals surface area contributed by atoms with Crippen LogP contribution >= 0.6 is 11.8 Å². The standard InChI is InChI=1S/C20H26N6O2S/c1-6-25-18(13(2)3)22-23-20(25)29-12-16(27)21-17-14(4)24(5)26(19(17)28)15-10-8-7-9-11-15/h7-11,13H,6,12H2,1-5H3,(H,21,27). The van der Waals surface area contributed by atoms with E-state index in [0.717, 1.165) is 18.1 Å². The van der Waals surface area contributed by atoms with Gasteiger partial charge in [-0.3, -0.25) is 14.3 Å². The largest absolute Gasteiger partial charge is 0.319 e. The first-order valence-electron chi connectivity index (χ1n) is 9.54. The second kappa shape index (κ2) is 8.69. The van der Waals surface area contributed by atoms with Gasteiger partial charge in [-0.15, -0.1) is 10.2 Å². The van der Waals surface area contributed by atoms with Crippen molar-refractivity contribution in [2.24, 2.45) is 7.05 Å². The first kappa shape index (κ1) is 20.9. The molecule has 0 spiro atoms. The average Bonchev–Trinajstić information content (AvgIpc) is 3.21. The molecule has 0 unspecified atom stereocenters. The van der Waals surface area contributed by atoms with Crippen molar-refractivity contribution in [3.05, 3.63) is 52.2 Å². The normalized spacial score (nSPS) is 11.2. The predicted octanol–water partition coefficient (Wildman–Crippen LogP) is 2.95. The van der Waals surface area contributed by atoms with Gasteiger partial charge in [0.25, 0.3) is 5.56 Å². The Morgan fingerprint density at radius 1 is 1.21 bits per heavy atom. The molecule has 0 fully saturated rings. The Morgan fingerprint density at radius 3 is 2.52 bits per heavy atom. The maximum atomic E-state index is 12.9. The Balaban J connectivity index is 1.76. The third-order valence-electron chi connectivity index (χ3n) is 4.73. The number of nitrogens with zero attached hydrogens (tertiary/aromatic N) is 5. The quantitative estimate of drug-likeness (QED) is 0.601. The van der Waals surface area contributed by atoms with Gasteiger partial charge in [-0.25, -0.2) is 4.68 Å². The van der Waals surface area contributed by atoms with Crippen LogP contribution in [-0.2, 0) is 18.4 Å². The third kappa shape index (κ3) is 4.14. The topological polar surface area (TPSA) is 86.7 Å². The zero-order valence-corrected chi connectivity index (χ0v) is 18.2. The maximum Gasteiger partial charge on any atom is 0.295 e. The van der Waals surface area contributed by atoms with Crippen molar-refractivity contribution in [1.29, 1.82) is 0 Å². The van der Waals surface area contributed by atoms with Crippen LogP contribution in [0.1, 0.15) is 38.2 Å². The predicted molar refractivity (Wildman–Crippen MR) is 115 cm³/mol. The molecule has 1 N–H and O–H groups in total. The second-order valence-corrected chi connectivity index (χ2v) is 7.96. The summed E-state index contributed by atoms with van der Waals surface area (Å²) in [7, 11) is 1.80. The Labute approximate surface area is 173 Å². The van der Waals surface area contributed by atoms with Gasteiger partial charge < -0.3 is 9.88 Å². The lowest BCUT2D eigenvalue weighted by atomic mass is 10.2. The summed E-state index contributed by atoms with van der Waals surface area (Å²) in [5.74, 6) is 1.06. The van der Waals surface area contributed by atoms with Gasteiger partial charge in [0.15, 0.2) is 5.16 Å². The van der Waals surface area contributed by atoms with Gasteiger partial charge in [0.2, 0.25) is 5.91 Å². The molecule has 3 rings (SSSR count). The molecule has 154 valence electrons. The lowest BCUT2D eigenvalue weighted by Gasteiger charge is -2.09. The van der Waals surface area contributed by atoms with E-state index in [4.69, 9.17) is 0 Å². The molecule has 8 nitrogen and oxygen atoms in total. The first-order chi connectivity index (χ1) is 13.8. The number of hydrogen-bond acceptors (Lipinski definition) is 5. The van der Waals surface area contributed by atoms with E-state index in [1.165, 1.54) is 11.8 Å². The van der Waals surface area contributed by atoms with Crippen LogP contribution in [0, 0.1) is 6.92 Å². The number of amides is 1. The molecule has 0 atom stereocenters. The fourth-order valence-corrected chi connectivity index (χ4v) is 3.96. The molecule has 3 aromatic rings. The van der Waals surface area contributed by atoms with Crippen LogP contribution in [0.2, 0.25) is 0 Å². The maximum absolute atomic E-state index is 12.9. The molecule has 0 aliphatic rings. The molecule has 0 bridgehead atoms. The summed E-state index contributed by atoms with van der Waals surface area (Å²) < 4.78 is 5.29. The lowest BCUT2D eigenvalue weighted by Crippen LogP contribution is -2.23. The molecule has 2 heterocycles. The molecule has 0 saturated carbocycles. The van der Waals surface area contributed by atoms with Crippen LogP contribution in [0.15, 0.2) is 40.3 Å². The molecule has 2 aromatic heterocycles. The van der Waals surface area contributed by atoms with Crippen molar-refractivity contribution < 1.29 is 4.79 Å². The second-order valence-electron chi connectivity index (χ2n) is 7.01. The SMILES string of the molecule is CCn1c(SCC(=O)Nc2c(C)n(C)n(-c3ccccc3)c2=O)nnc1C(C)C. The van der Waals surface area contributed by atoms with Crippen molar-refractivity contribution in [1.82, 2.24) is 24.1 Å². The van der Waals surface area contributed by atoms with E-state index >= 15 is 0 Å². The first-order valence-corrected chi connectivity index (χ1v) is 10.5. The fraction of sp³-hybridized carbons (Fsp3) is 0.400. The molecular formula is C20H26N6O2S. The zero-order chi connectivity index (χ0) is 21.1. The van der Waals surface area contributed by atoms with Crippen LogP contribution in [0.3, 0.4) is 0 Å². The van der Waals surface area contributed by atoms with Crippen LogP contribution in [0.5, 0.6) is 0 Å². The highest BCUT2D eigenvalue weighted by molar-refractivity contribution is 7.99. The number of thioether (sulfide) groups is 1. The number of benzene rings is 1. The highest BCUT2D eigenvalue weighted by Crippen LogP contribution is 2.22. The molecular weight excluding hydrogens is 388 g/mol. The summed E-state index contributed by atoms with van der Waals surface area (Å²) in [5, 5.41) is 11.9. The van der Waals surface area contributed by atoms with Gasteiger partial charge in [-0.05, 0) is 26.0 Å². The van der Waals surface area contributed by atoms with Gasteiger partial charge in [0, 0.05) is 19.5 Å². The third-order valence-corrected chi connectivity index (χ3v) is 5.70. The van der Waals surface area contributed by atoms with Crippen LogP contribution < -0.4 is 10.9 Å². The van der Waals surface area contributed by atoms with Crippen molar-refractivity contribution >= 4 is 23.4 Å². The van der Waals surface area contributed by atoms with E-state index in [2.05, 4.69) is 29.4 Å². The van der Waals surface area contributed by atoms with Gasteiger partial charge >= 0.3 is 0 Å². The molecule has 9 heteroatoms. The molecule has 29 heavy (non-hydrogen) atoms. The summed E-state index contributed by atoms with van der Waals surface area (Å²) in [5.41, 5.74) is 1.47. The van der Waals surface area contributed by atoms with E-state index in [0.29, 0.717) is 16.5 Å². The van der Waals surface area contributed by atoms with Crippen molar-refractivity contribution in [2.75, 3.05) is 11.1 Å². The number of aromatic nitrogens is 5. The summed E-state index contributed by atoms with van der Waals surface area (Å²) in [4.78, 5) is 25.4. The molecule has 0 radical (unpaired) electrons. The number of carbonyl (C=O) groups excluding carboxylic acids is 1. The van der Waals surface area contributed by atoms with Gasteiger partial charge in [-0.1, -0.05) is 43.8 Å². The van der Waals surface area contributed by atoms with Crippen LogP contribution in [-0.4, -0.2) is 35.8 Å². The van der Waals surface area contributed by atoms with E-state index in [1.54, 1.807) is 16.4 Å². The van der Waals surface area contributed by atoms with Crippen LogP contribution in [0.4, 0.5) is 5.69 Å². The number of hydrogen-bond donors (Lipinski definition) is 1. The molecule has 0 aliphatic carbocycles. The number of carbonyl (C=O) groups is 1. The number of rotatable bonds is 7. The fourth-order valence-electron chi connectivity index (χ4n) is 3.15. The summed E-state index contributed by atoms with van der Waals surface area (Å²) in [6.07, 6.45) is 0. The zero-order valence-electron chi connectivity index (χ0n) is 17.3. The minimum atomic E-state index is -0.256. The highest BCUT2D eigenvalue weighted by atomic mass is 32.2. The Morgan fingerprint density at radius 2 is 1.90 bits per heavy atom. The molecule has 0 aliphatic heterocycles. The van der Waals surface area contributed by atoms with Gasteiger partial charge in [0.1, 0.15) is 11.5 Å². The Kier molecular flexibility index (Phi) is 6.26. The van der Waals surface area contributed by atoms with Crippen molar-refractivity contribution in [3.8, 4) is 5.69 Å². The monoisotopic (exact) mass is 414 g/mol. The molecule has 1 aromatic carbocycles. The lowest BCUT2D eigenvalue weighted by molar-refractivity contribution is -0.113. The van der Waals surface area contributed by atoms with E-state index in [-0.39, 0.29) is 23.1 Å². The van der Waals surface area contributed by atoms with E-state index < -0.39 is 0 Å². The number of nitrogens with one attached hydrogen (secondary N) is 1. The number of para-hydroxylation sites is 1. The Bertz CT molecular complexity index is 1060. The number of anilines is 1. The summed E-state index contributed by atoms with van der Waals surface area (Å²) in [6.45, 7) is 8.70. The van der Waals surface area contributed by atoms with Gasteiger partial charge in [-0.2, -0.15) is 0 Å². The molecule has 0 saturated heterocycles. The average molecular weight is 415 g/mol. The Hall–Kier alpha value is -2.81. The highest BCUT2D eigenvalue weighted by Gasteiger charge is 2.19.